The lowest BCUT2D eigenvalue weighted by molar-refractivity contribution is 0.0495. The average Bonchev–Trinajstić information content (AvgIpc) is 2.19. The summed E-state index contributed by atoms with van der Waals surface area (Å²) in [6.07, 6.45) is 1.95. The molecule has 0 spiro atoms. The number of aliphatic hydroxyl groups is 1. The van der Waals surface area contributed by atoms with Gasteiger partial charge in [0.05, 0.1) is 5.60 Å². The first-order valence-corrected chi connectivity index (χ1v) is 6.02. The largest absolute Gasteiger partial charge is 0.399 e. The fraction of sp³-hybridized carbons (Fsp3) is 0.455. The number of hydrogen-bond donors (Lipinski definition) is 2. The van der Waals surface area contributed by atoms with E-state index in [-0.39, 0.29) is 0 Å². The second kappa shape index (κ2) is 3.83. The molecule has 1 atom stereocenters. The van der Waals surface area contributed by atoms with Gasteiger partial charge in [0.15, 0.2) is 0 Å². The van der Waals surface area contributed by atoms with Crippen molar-refractivity contribution >= 4 is 17.4 Å². The van der Waals surface area contributed by atoms with E-state index in [9.17, 15) is 5.11 Å². The van der Waals surface area contributed by atoms with Gasteiger partial charge in [-0.3, -0.25) is 0 Å². The number of thioether (sulfide) groups is 1. The third kappa shape index (κ3) is 1.88. The standard InChI is InChI=1S/C11H15NOS/c12-10-4-2-9(3-5-10)11(13)6-1-7-14-8-11/h2-5,13H,1,6-8,12H2. The predicted octanol–water partition coefficient (Wildman–Crippen LogP) is 1.98. The summed E-state index contributed by atoms with van der Waals surface area (Å²) in [4.78, 5) is 0. The van der Waals surface area contributed by atoms with Gasteiger partial charge in [0.25, 0.3) is 0 Å². The van der Waals surface area contributed by atoms with Crippen LogP contribution in [-0.2, 0) is 5.60 Å². The van der Waals surface area contributed by atoms with Crippen LogP contribution in [0.3, 0.4) is 0 Å². The number of nitrogens with two attached hydrogens (primary N) is 1. The van der Waals surface area contributed by atoms with Crippen molar-refractivity contribution in [2.75, 3.05) is 17.2 Å². The summed E-state index contributed by atoms with van der Waals surface area (Å²) >= 11 is 1.82. The molecule has 0 aromatic heterocycles. The number of nitrogen functional groups attached to an aromatic ring is 1. The third-order valence-electron chi connectivity index (χ3n) is 2.67. The molecule has 1 fully saturated rings. The molecule has 1 unspecified atom stereocenters. The zero-order valence-electron chi connectivity index (χ0n) is 8.07. The molecule has 1 aromatic rings. The molecule has 2 rings (SSSR count). The molecule has 76 valence electrons. The fourth-order valence-corrected chi connectivity index (χ4v) is 2.94. The lowest BCUT2D eigenvalue weighted by atomic mass is 9.91. The summed E-state index contributed by atoms with van der Waals surface area (Å²) in [6.45, 7) is 0. The normalized spacial score (nSPS) is 27.5. The first-order valence-electron chi connectivity index (χ1n) is 4.87. The highest BCUT2D eigenvalue weighted by Crippen LogP contribution is 2.35. The molecule has 1 aliphatic heterocycles. The molecule has 1 heterocycles. The molecule has 0 aliphatic carbocycles. The smallest absolute Gasteiger partial charge is 0.0986 e. The van der Waals surface area contributed by atoms with Gasteiger partial charge in [0.2, 0.25) is 0 Å². The van der Waals surface area contributed by atoms with Crippen LogP contribution >= 0.6 is 11.8 Å². The molecule has 2 nitrogen and oxygen atoms in total. The quantitative estimate of drug-likeness (QED) is 0.695. The molecule has 14 heavy (non-hydrogen) atoms. The average molecular weight is 209 g/mol. The number of benzene rings is 1. The van der Waals surface area contributed by atoms with Crippen LogP contribution in [0.15, 0.2) is 24.3 Å². The van der Waals surface area contributed by atoms with Crippen LogP contribution < -0.4 is 5.73 Å². The van der Waals surface area contributed by atoms with Crippen LogP contribution in [0.25, 0.3) is 0 Å². The van der Waals surface area contributed by atoms with Crippen molar-refractivity contribution in [1.82, 2.24) is 0 Å². The van der Waals surface area contributed by atoms with Crippen LogP contribution in [0, 0.1) is 0 Å². The van der Waals surface area contributed by atoms with Gasteiger partial charge < -0.3 is 10.8 Å². The van der Waals surface area contributed by atoms with E-state index in [0.29, 0.717) is 0 Å². The Labute approximate surface area is 88.5 Å². The van der Waals surface area contributed by atoms with E-state index in [0.717, 1.165) is 35.6 Å². The van der Waals surface area contributed by atoms with Crippen LogP contribution in [0.2, 0.25) is 0 Å². The van der Waals surface area contributed by atoms with Gasteiger partial charge in [-0.15, -0.1) is 0 Å². The van der Waals surface area contributed by atoms with Crippen molar-refractivity contribution in [1.29, 1.82) is 0 Å². The highest BCUT2D eigenvalue weighted by molar-refractivity contribution is 7.99. The Morgan fingerprint density at radius 1 is 1.29 bits per heavy atom. The van der Waals surface area contributed by atoms with E-state index in [1.54, 1.807) is 0 Å². The van der Waals surface area contributed by atoms with Gasteiger partial charge in [0, 0.05) is 11.4 Å². The molecule has 0 bridgehead atoms. The van der Waals surface area contributed by atoms with E-state index in [1.165, 1.54) is 0 Å². The van der Waals surface area contributed by atoms with E-state index in [2.05, 4.69) is 0 Å². The van der Waals surface area contributed by atoms with Crippen LogP contribution in [-0.4, -0.2) is 16.6 Å². The van der Waals surface area contributed by atoms with Gasteiger partial charge in [-0.05, 0) is 36.3 Å². The summed E-state index contributed by atoms with van der Waals surface area (Å²) in [5.74, 6) is 1.97. The Kier molecular flexibility index (Phi) is 2.70. The Balaban J connectivity index is 2.23. The Morgan fingerprint density at radius 3 is 2.57 bits per heavy atom. The molecule has 1 aliphatic rings. The Hall–Kier alpha value is -0.670. The van der Waals surface area contributed by atoms with Crippen LogP contribution in [0.4, 0.5) is 5.69 Å². The van der Waals surface area contributed by atoms with Gasteiger partial charge in [0.1, 0.15) is 0 Å². The van der Waals surface area contributed by atoms with Crippen molar-refractivity contribution in [3.63, 3.8) is 0 Å². The lowest BCUT2D eigenvalue weighted by Gasteiger charge is -2.32. The summed E-state index contributed by atoms with van der Waals surface area (Å²) in [5, 5.41) is 10.4. The van der Waals surface area contributed by atoms with Gasteiger partial charge >= 0.3 is 0 Å². The molecule has 3 heteroatoms. The Morgan fingerprint density at radius 2 is 2.00 bits per heavy atom. The first kappa shape index (κ1) is 9.87. The minimum atomic E-state index is -0.628. The Bertz CT molecular complexity index is 304. The molecular weight excluding hydrogens is 194 g/mol. The predicted molar refractivity (Wildman–Crippen MR) is 61.3 cm³/mol. The SMILES string of the molecule is Nc1ccc(C2(O)CCCSC2)cc1. The van der Waals surface area contributed by atoms with Gasteiger partial charge in [-0.25, -0.2) is 0 Å². The maximum Gasteiger partial charge on any atom is 0.0986 e. The van der Waals surface area contributed by atoms with E-state index in [4.69, 9.17) is 5.73 Å². The summed E-state index contributed by atoms with van der Waals surface area (Å²) in [7, 11) is 0. The third-order valence-corrected chi connectivity index (χ3v) is 3.93. The zero-order chi connectivity index (χ0) is 10.0. The van der Waals surface area contributed by atoms with Crippen LogP contribution in [0.1, 0.15) is 18.4 Å². The maximum atomic E-state index is 10.4. The van der Waals surface area contributed by atoms with Gasteiger partial charge in [-0.1, -0.05) is 12.1 Å². The van der Waals surface area contributed by atoms with Crippen molar-refractivity contribution in [2.24, 2.45) is 0 Å². The molecule has 0 saturated carbocycles. The first-order chi connectivity index (χ1) is 6.71. The van der Waals surface area contributed by atoms with Crippen molar-refractivity contribution in [2.45, 2.75) is 18.4 Å². The zero-order valence-corrected chi connectivity index (χ0v) is 8.89. The fourth-order valence-electron chi connectivity index (χ4n) is 1.80. The van der Waals surface area contributed by atoms with E-state index in [1.807, 2.05) is 36.0 Å². The highest BCUT2D eigenvalue weighted by atomic mass is 32.2. The number of anilines is 1. The minimum Gasteiger partial charge on any atom is -0.399 e. The van der Waals surface area contributed by atoms with Crippen molar-refractivity contribution < 1.29 is 5.11 Å². The van der Waals surface area contributed by atoms with Gasteiger partial charge in [-0.2, -0.15) is 11.8 Å². The summed E-state index contributed by atoms with van der Waals surface area (Å²) in [6, 6.07) is 7.57. The molecule has 0 radical (unpaired) electrons. The monoisotopic (exact) mass is 209 g/mol. The second-order valence-corrected chi connectivity index (χ2v) is 4.91. The molecular formula is C11H15NOS. The van der Waals surface area contributed by atoms with Crippen molar-refractivity contribution in [3.8, 4) is 0 Å². The molecule has 3 N–H and O–H groups in total. The van der Waals surface area contributed by atoms with E-state index < -0.39 is 5.60 Å². The molecule has 1 aromatic carbocycles. The summed E-state index contributed by atoms with van der Waals surface area (Å²) in [5.41, 5.74) is 6.73. The maximum absolute atomic E-state index is 10.4. The topological polar surface area (TPSA) is 46.2 Å². The van der Waals surface area contributed by atoms with E-state index >= 15 is 0 Å². The highest BCUT2D eigenvalue weighted by Gasteiger charge is 2.31. The molecule has 0 amide bonds. The van der Waals surface area contributed by atoms with Crippen molar-refractivity contribution in [3.05, 3.63) is 29.8 Å². The second-order valence-electron chi connectivity index (χ2n) is 3.81. The molecule has 1 saturated heterocycles. The lowest BCUT2D eigenvalue weighted by Crippen LogP contribution is -2.31. The number of rotatable bonds is 1. The number of hydrogen-bond acceptors (Lipinski definition) is 3. The van der Waals surface area contributed by atoms with Crippen LogP contribution in [0.5, 0.6) is 0 Å². The minimum absolute atomic E-state index is 0.628. The summed E-state index contributed by atoms with van der Waals surface area (Å²) < 4.78 is 0.